The number of amides is 4. The fraction of sp³-hybridized carbons (Fsp3) is 0.435. The van der Waals surface area contributed by atoms with Crippen LogP contribution < -0.4 is 16.0 Å². The first-order valence-corrected chi connectivity index (χ1v) is 13.9. The molecule has 1 unspecified atom stereocenters. The van der Waals surface area contributed by atoms with Crippen LogP contribution in [0.25, 0.3) is 0 Å². The van der Waals surface area contributed by atoms with Crippen LogP contribution in [0.5, 0.6) is 0 Å². The van der Waals surface area contributed by atoms with Crippen LogP contribution in [-0.2, 0) is 14.3 Å². The molecule has 4 amide bonds. The van der Waals surface area contributed by atoms with Crippen LogP contribution in [0.4, 0.5) is 18.0 Å². The van der Waals surface area contributed by atoms with E-state index in [0.717, 1.165) is 0 Å². The highest BCUT2D eigenvalue weighted by molar-refractivity contribution is 8.76. The number of ether oxygens (including phenoxy) is 2. The number of carbonyl (C=O) groups is 3. The van der Waals surface area contributed by atoms with E-state index >= 15 is 0 Å². The maximum Gasteiger partial charge on any atom is 0.471 e. The van der Waals surface area contributed by atoms with Gasteiger partial charge < -0.3 is 30.5 Å². The molecule has 0 aromatic heterocycles. The number of nitrogens with zero attached hydrogens (tertiary/aromatic N) is 1. The number of carbonyl (C=O) groups excluding carboxylic acids is 3. The van der Waals surface area contributed by atoms with Gasteiger partial charge in [-0.2, -0.15) is 13.2 Å². The second-order valence-electron chi connectivity index (χ2n) is 7.85. The molecule has 1 fully saturated rings. The van der Waals surface area contributed by atoms with Gasteiger partial charge in [-0.25, -0.2) is 4.79 Å². The van der Waals surface area contributed by atoms with Crippen molar-refractivity contribution in [1.82, 2.24) is 20.9 Å². The molecule has 2 heterocycles. The number of urea groups is 1. The minimum atomic E-state index is -5.06. The van der Waals surface area contributed by atoms with E-state index in [2.05, 4.69) is 22.5 Å². The van der Waals surface area contributed by atoms with Crippen LogP contribution in [0, 0.1) is 11.8 Å². The lowest BCUT2D eigenvalue weighted by atomic mass is 10.1. The highest BCUT2D eigenvalue weighted by Gasteiger charge is 2.42. The van der Waals surface area contributed by atoms with Gasteiger partial charge in [0.05, 0.1) is 24.8 Å². The largest absolute Gasteiger partial charge is 0.471 e. The van der Waals surface area contributed by atoms with Crippen molar-refractivity contribution in [2.45, 2.75) is 37.2 Å². The predicted molar refractivity (Wildman–Crippen MR) is 134 cm³/mol. The van der Waals surface area contributed by atoms with Crippen molar-refractivity contribution >= 4 is 39.4 Å². The van der Waals surface area contributed by atoms with E-state index in [0.29, 0.717) is 11.5 Å². The van der Waals surface area contributed by atoms with Gasteiger partial charge in [0.1, 0.15) is 24.4 Å². The zero-order chi connectivity index (χ0) is 27.7. The van der Waals surface area contributed by atoms with Gasteiger partial charge in [-0.15, -0.1) is 0 Å². The number of aliphatic hydroxyl groups excluding tert-OH is 1. The third-order valence-electron chi connectivity index (χ3n) is 5.35. The first-order valence-electron chi connectivity index (χ1n) is 11.2. The van der Waals surface area contributed by atoms with E-state index in [9.17, 15) is 32.7 Å². The van der Waals surface area contributed by atoms with Crippen LogP contribution >= 0.6 is 21.6 Å². The maximum absolute atomic E-state index is 12.9. The van der Waals surface area contributed by atoms with Crippen molar-refractivity contribution < 1.29 is 42.1 Å². The number of halogens is 3. The average Bonchev–Trinajstić information content (AvgIpc) is 3.30. The van der Waals surface area contributed by atoms with Gasteiger partial charge in [0.15, 0.2) is 0 Å². The summed E-state index contributed by atoms with van der Waals surface area (Å²) in [5, 5.41) is 16.5. The summed E-state index contributed by atoms with van der Waals surface area (Å²) in [6, 6.07) is 7.51. The highest BCUT2D eigenvalue weighted by Crippen LogP contribution is 2.29. The molecule has 4 N–H and O–H groups in total. The van der Waals surface area contributed by atoms with Crippen LogP contribution in [0.3, 0.4) is 0 Å². The minimum absolute atomic E-state index is 0.126. The van der Waals surface area contributed by atoms with Gasteiger partial charge >= 0.3 is 18.1 Å². The number of alkyl halides is 3. The molecule has 4 atom stereocenters. The number of hydrogen-bond donors (Lipinski definition) is 4. The third-order valence-corrected chi connectivity index (χ3v) is 6.81. The summed E-state index contributed by atoms with van der Waals surface area (Å²) in [6.07, 6.45) is -4.77. The molecule has 0 saturated carbocycles. The Labute approximate surface area is 224 Å². The molecule has 0 radical (unpaired) electrons. The van der Waals surface area contributed by atoms with Gasteiger partial charge in [0, 0.05) is 18.2 Å². The lowest BCUT2D eigenvalue weighted by Gasteiger charge is -2.33. The second kappa shape index (κ2) is 13.8. The molecule has 1 aromatic rings. The first-order chi connectivity index (χ1) is 18.1. The Balaban J connectivity index is 1.80. The molecule has 206 valence electrons. The van der Waals surface area contributed by atoms with E-state index in [1.165, 1.54) is 32.7 Å². The standard InChI is InChI=1S/C23H25F3N4O6S2/c1-37-38-13-35-16-10-18(36-17(16)12-31)30-11-15(8-5-9-27-21(33)23(24,25)26)19(29-22(30)34)28-20(32)14-6-3-2-4-7-14/h2-4,6-7,11,16-19,31H,9-10,12-13H2,1H3,(H,27,33)(H,28,32)(H,29,34)/t16-,17-,18-,19?/m1/s1. The second-order valence-corrected chi connectivity index (χ2v) is 10.4. The van der Waals surface area contributed by atoms with E-state index in [1.807, 2.05) is 6.26 Å². The Hall–Kier alpha value is -2.90. The van der Waals surface area contributed by atoms with Crippen LogP contribution in [0.15, 0.2) is 42.1 Å². The molecule has 2 aliphatic rings. The number of nitrogens with one attached hydrogen (secondary N) is 3. The van der Waals surface area contributed by atoms with Crippen molar-refractivity contribution in [3.63, 3.8) is 0 Å². The highest BCUT2D eigenvalue weighted by atomic mass is 33.1. The van der Waals surface area contributed by atoms with Crippen LogP contribution in [0.2, 0.25) is 0 Å². The van der Waals surface area contributed by atoms with Gasteiger partial charge in [0.2, 0.25) is 0 Å². The normalized spacial score (nSPS) is 23.1. The summed E-state index contributed by atoms with van der Waals surface area (Å²) in [7, 11) is 2.96. The molecule has 0 aliphatic carbocycles. The number of aliphatic hydroxyl groups is 1. The van der Waals surface area contributed by atoms with Gasteiger partial charge in [0.25, 0.3) is 5.91 Å². The van der Waals surface area contributed by atoms with Gasteiger partial charge in [-0.3, -0.25) is 14.5 Å². The lowest BCUT2D eigenvalue weighted by molar-refractivity contribution is -0.173. The zero-order valence-electron chi connectivity index (χ0n) is 20.0. The van der Waals surface area contributed by atoms with E-state index in [4.69, 9.17) is 9.47 Å². The van der Waals surface area contributed by atoms with Crippen LogP contribution in [-0.4, -0.2) is 84.0 Å². The fourth-order valence-corrected chi connectivity index (χ4v) is 4.32. The van der Waals surface area contributed by atoms with Gasteiger partial charge in [-0.05, 0) is 18.4 Å². The molecular weight excluding hydrogens is 549 g/mol. The van der Waals surface area contributed by atoms with E-state index in [-0.39, 0.29) is 18.6 Å². The van der Waals surface area contributed by atoms with E-state index < -0.39 is 55.2 Å². The molecule has 1 saturated heterocycles. The molecule has 10 nitrogen and oxygen atoms in total. The van der Waals surface area contributed by atoms with Crippen molar-refractivity contribution in [1.29, 1.82) is 0 Å². The lowest BCUT2D eigenvalue weighted by Crippen LogP contribution is -2.57. The summed E-state index contributed by atoms with van der Waals surface area (Å²) in [5.41, 5.74) is 0.434. The molecule has 3 rings (SSSR count). The number of hydrogen-bond acceptors (Lipinski definition) is 8. The maximum atomic E-state index is 12.9. The number of benzene rings is 1. The molecule has 38 heavy (non-hydrogen) atoms. The summed E-state index contributed by atoms with van der Waals surface area (Å²) in [5.74, 6) is 2.67. The Morgan fingerprint density at radius 1 is 1.32 bits per heavy atom. The van der Waals surface area contributed by atoms with Gasteiger partial charge in [-0.1, -0.05) is 51.6 Å². The first kappa shape index (κ1) is 29.7. The minimum Gasteiger partial charge on any atom is -0.394 e. The van der Waals surface area contributed by atoms with Crippen molar-refractivity contribution in [2.75, 3.05) is 25.3 Å². The quantitative estimate of drug-likeness (QED) is 0.152. The summed E-state index contributed by atoms with van der Waals surface area (Å²) >= 11 is 0. The van der Waals surface area contributed by atoms with Crippen molar-refractivity contribution in [3.8, 4) is 11.8 Å². The van der Waals surface area contributed by atoms with Crippen molar-refractivity contribution in [3.05, 3.63) is 47.7 Å². The predicted octanol–water partition coefficient (Wildman–Crippen LogP) is 1.79. The molecule has 0 bridgehead atoms. The van der Waals surface area contributed by atoms with Crippen LogP contribution in [0.1, 0.15) is 16.8 Å². The summed E-state index contributed by atoms with van der Waals surface area (Å²) < 4.78 is 48.9. The Bertz CT molecular complexity index is 1100. The summed E-state index contributed by atoms with van der Waals surface area (Å²) in [4.78, 5) is 37.8. The third kappa shape index (κ3) is 8.05. The fourth-order valence-electron chi connectivity index (χ4n) is 3.54. The monoisotopic (exact) mass is 574 g/mol. The molecule has 2 aliphatic heterocycles. The van der Waals surface area contributed by atoms with E-state index in [1.54, 1.807) is 35.6 Å². The molecule has 1 aromatic carbocycles. The Morgan fingerprint density at radius 3 is 2.71 bits per heavy atom. The van der Waals surface area contributed by atoms with Crippen molar-refractivity contribution in [2.24, 2.45) is 0 Å². The Kier molecular flexibility index (Phi) is 10.7. The smallest absolute Gasteiger partial charge is 0.394 e. The SMILES string of the molecule is CSSCO[C@@H]1C[C@H](N2C=C(C#CCNC(=O)C(F)(F)F)C(NC(=O)c3ccccc3)NC2=O)O[C@@H]1CO. The molecule has 15 heteroatoms. The Morgan fingerprint density at radius 2 is 2.05 bits per heavy atom. The number of rotatable bonds is 9. The average molecular weight is 575 g/mol. The topological polar surface area (TPSA) is 129 Å². The summed E-state index contributed by atoms with van der Waals surface area (Å²) in [6.45, 7) is -0.968. The molecule has 0 spiro atoms. The zero-order valence-corrected chi connectivity index (χ0v) is 21.6. The molecular formula is C23H25F3N4O6S2.